The minimum Gasteiger partial charge on any atom is -0.449 e. The van der Waals surface area contributed by atoms with Crippen LogP contribution >= 0.6 is 0 Å². The third-order valence-electron chi connectivity index (χ3n) is 3.67. The van der Waals surface area contributed by atoms with E-state index in [2.05, 4.69) is 0 Å². The predicted octanol–water partition coefficient (Wildman–Crippen LogP) is 1.99. The first-order valence-electron chi connectivity index (χ1n) is 7.79. The lowest BCUT2D eigenvalue weighted by Gasteiger charge is -2.19. The number of rotatable bonds is 6. The number of carbonyl (C=O) groups excluding carboxylic acids is 3. The first kappa shape index (κ1) is 18.2. The van der Waals surface area contributed by atoms with Crippen LogP contribution in [0.2, 0.25) is 0 Å². The molecular weight excluding hydrogens is 320 g/mol. The van der Waals surface area contributed by atoms with Crippen LogP contribution in [0.3, 0.4) is 0 Å². The highest BCUT2D eigenvalue weighted by atomic mass is 16.5. The van der Waals surface area contributed by atoms with Crippen LogP contribution in [0.15, 0.2) is 54.6 Å². The molecule has 2 rings (SSSR count). The molecule has 25 heavy (non-hydrogen) atoms. The number of esters is 1. The lowest BCUT2D eigenvalue weighted by Crippen LogP contribution is -2.32. The maximum atomic E-state index is 12.7. The van der Waals surface area contributed by atoms with Gasteiger partial charge in [-0.3, -0.25) is 9.59 Å². The van der Waals surface area contributed by atoms with Crippen molar-refractivity contribution in [2.24, 2.45) is 5.73 Å². The molecule has 0 unspecified atom stereocenters. The van der Waals surface area contributed by atoms with Crippen LogP contribution in [0.4, 0.5) is 0 Å². The molecule has 2 aromatic rings. The van der Waals surface area contributed by atoms with Crippen LogP contribution in [-0.4, -0.2) is 35.8 Å². The summed E-state index contributed by atoms with van der Waals surface area (Å²) in [6.45, 7) is 1.78. The van der Waals surface area contributed by atoms with Gasteiger partial charge in [-0.05, 0) is 24.6 Å². The van der Waals surface area contributed by atoms with Gasteiger partial charge in [0.05, 0.1) is 11.1 Å². The fourth-order valence-corrected chi connectivity index (χ4v) is 2.26. The van der Waals surface area contributed by atoms with Gasteiger partial charge < -0.3 is 15.4 Å². The summed E-state index contributed by atoms with van der Waals surface area (Å²) in [7, 11) is 1.66. The molecular formula is C19H20N2O4. The molecule has 130 valence electrons. The number of carbonyl (C=O) groups is 3. The van der Waals surface area contributed by atoms with Crippen molar-refractivity contribution < 1.29 is 19.1 Å². The molecule has 2 N–H and O–H groups in total. The number of ether oxygens (including phenoxy) is 1. The lowest BCUT2D eigenvalue weighted by atomic mass is 10.1. The van der Waals surface area contributed by atoms with E-state index >= 15 is 0 Å². The molecule has 6 nitrogen and oxygen atoms in total. The summed E-state index contributed by atoms with van der Waals surface area (Å²) in [4.78, 5) is 37.6. The summed E-state index contributed by atoms with van der Waals surface area (Å²) < 4.78 is 5.00. The van der Waals surface area contributed by atoms with Crippen molar-refractivity contribution in [2.75, 3.05) is 7.05 Å². The zero-order valence-electron chi connectivity index (χ0n) is 14.1. The van der Waals surface area contributed by atoms with Gasteiger partial charge in [0.1, 0.15) is 0 Å². The number of hydrogen-bond donors (Lipinski definition) is 1. The van der Waals surface area contributed by atoms with E-state index in [1.165, 1.54) is 17.9 Å². The second-order valence-electron chi connectivity index (χ2n) is 5.64. The Balaban J connectivity index is 2.20. The molecule has 0 spiro atoms. The normalized spacial score (nSPS) is 11.4. The Hall–Kier alpha value is -3.15. The Labute approximate surface area is 146 Å². The summed E-state index contributed by atoms with van der Waals surface area (Å²) in [6, 6.07) is 15.8. The number of primary amides is 1. The standard InChI is InChI=1S/C19H20N2O4/c1-13(17(20)22)25-19(24)16-11-7-6-10-15(16)18(23)21(2)12-14-8-4-3-5-9-14/h3-11,13H,12H2,1-2H3,(H2,20,22)/t13-/m0/s1. The average Bonchev–Trinajstić information content (AvgIpc) is 2.61. The summed E-state index contributed by atoms with van der Waals surface area (Å²) in [6.07, 6.45) is -1.07. The van der Waals surface area contributed by atoms with E-state index in [1.807, 2.05) is 30.3 Å². The molecule has 0 aromatic heterocycles. The highest BCUT2D eigenvalue weighted by Crippen LogP contribution is 2.15. The third kappa shape index (κ3) is 4.67. The third-order valence-corrected chi connectivity index (χ3v) is 3.67. The number of nitrogens with zero attached hydrogens (tertiary/aromatic N) is 1. The van der Waals surface area contributed by atoms with Gasteiger partial charge in [-0.25, -0.2) is 4.79 Å². The molecule has 6 heteroatoms. The average molecular weight is 340 g/mol. The number of benzene rings is 2. The summed E-state index contributed by atoms with van der Waals surface area (Å²) in [5, 5.41) is 0. The molecule has 0 aliphatic rings. The van der Waals surface area contributed by atoms with Crippen LogP contribution in [-0.2, 0) is 16.1 Å². The molecule has 0 aliphatic carbocycles. The van der Waals surface area contributed by atoms with E-state index in [4.69, 9.17) is 10.5 Å². The highest BCUT2D eigenvalue weighted by Gasteiger charge is 2.23. The Kier molecular flexibility index (Phi) is 5.89. The summed E-state index contributed by atoms with van der Waals surface area (Å²) >= 11 is 0. The van der Waals surface area contributed by atoms with Gasteiger partial charge in [-0.15, -0.1) is 0 Å². The van der Waals surface area contributed by atoms with E-state index in [1.54, 1.807) is 25.2 Å². The first-order chi connectivity index (χ1) is 11.9. The van der Waals surface area contributed by atoms with Crippen molar-refractivity contribution >= 4 is 17.8 Å². The lowest BCUT2D eigenvalue weighted by molar-refractivity contribution is -0.125. The molecule has 0 fully saturated rings. The zero-order chi connectivity index (χ0) is 18.4. The minimum absolute atomic E-state index is 0.0977. The van der Waals surface area contributed by atoms with Crippen LogP contribution in [0.5, 0.6) is 0 Å². The Bertz CT molecular complexity index is 774. The molecule has 1 atom stereocenters. The molecule has 0 bridgehead atoms. The van der Waals surface area contributed by atoms with E-state index < -0.39 is 18.0 Å². The van der Waals surface area contributed by atoms with E-state index in [0.717, 1.165) is 5.56 Å². The second kappa shape index (κ2) is 8.10. The molecule has 0 saturated carbocycles. The first-order valence-corrected chi connectivity index (χ1v) is 7.79. The van der Waals surface area contributed by atoms with Gasteiger partial charge in [-0.1, -0.05) is 42.5 Å². The molecule has 0 saturated heterocycles. The van der Waals surface area contributed by atoms with Crippen molar-refractivity contribution in [3.05, 3.63) is 71.3 Å². The SMILES string of the molecule is C[C@H](OC(=O)c1ccccc1C(=O)N(C)Cc1ccccc1)C(N)=O. The maximum Gasteiger partial charge on any atom is 0.339 e. The molecule has 0 heterocycles. The molecule has 0 radical (unpaired) electrons. The van der Waals surface area contributed by atoms with Gasteiger partial charge in [-0.2, -0.15) is 0 Å². The van der Waals surface area contributed by atoms with Gasteiger partial charge in [0.2, 0.25) is 0 Å². The van der Waals surface area contributed by atoms with Gasteiger partial charge in [0.25, 0.3) is 11.8 Å². The van der Waals surface area contributed by atoms with Crippen LogP contribution in [0.1, 0.15) is 33.2 Å². The topological polar surface area (TPSA) is 89.7 Å². The van der Waals surface area contributed by atoms with E-state index in [0.29, 0.717) is 6.54 Å². The van der Waals surface area contributed by atoms with Crippen LogP contribution in [0, 0.1) is 0 Å². The number of nitrogens with two attached hydrogens (primary N) is 1. The van der Waals surface area contributed by atoms with Crippen molar-refractivity contribution in [2.45, 2.75) is 19.6 Å². The quantitative estimate of drug-likeness (QED) is 0.814. The molecule has 0 aliphatic heterocycles. The summed E-state index contributed by atoms with van der Waals surface area (Å²) in [5.74, 6) is -1.83. The summed E-state index contributed by atoms with van der Waals surface area (Å²) in [5.41, 5.74) is 6.38. The molecule has 2 aromatic carbocycles. The predicted molar refractivity (Wildman–Crippen MR) is 92.8 cm³/mol. The fourth-order valence-electron chi connectivity index (χ4n) is 2.26. The Morgan fingerprint density at radius 2 is 1.56 bits per heavy atom. The largest absolute Gasteiger partial charge is 0.449 e. The number of amides is 2. The Morgan fingerprint density at radius 1 is 1.00 bits per heavy atom. The van der Waals surface area contributed by atoms with Crippen molar-refractivity contribution in [3.8, 4) is 0 Å². The van der Waals surface area contributed by atoms with Crippen molar-refractivity contribution in [1.82, 2.24) is 4.90 Å². The monoisotopic (exact) mass is 340 g/mol. The van der Waals surface area contributed by atoms with E-state index in [9.17, 15) is 14.4 Å². The Morgan fingerprint density at radius 3 is 2.16 bits per heavy atom. The van der Waals surface area contributed by atoms with Gasteiger partial charge >= 0.3 is 5.97 Å². The smallest absolute Gasteiger partial charge is 0.339 e. The molecule has 2 amide bonds. The van der Waals surface area contributed by atoms with E-state index in [-0.39, 0.29) is 17.0 Å². The maximum absolute atomic E-state index is 12.7. The van der Waals surface area contributed by atoms with Crippen molar-refractivity contribution in [1.29, 1.82) is 0 Å². The highest BCUT2D eigenvalue weighted by molar-refractivity contribution is 6.05. The van der Waals surface area contributed by atoms with Crippen LogP contribution in [0.25, 0.3) is 0 Å². The number of hydrogen-bond acceptors (Lipinski definition) is 4. The minimum atomic E-state index is -1.07. The van der Waals surface area contributed by atoms with Crippen LogP contribution < -0.4 is 5.73 Å². The van der Waals surface area contributed by atoms with Gasteiger partial charge in [0.15, 0.2) is 6.10 Å². The van der Waals surface area contributed by atoms with Gasteiger partial charge in [0, 0.05) is 13.6 Å². The zero-order valence-corrected chi connectivity index (χ0v) is 14.1. The fraction of sp³-hybridized carbons (Fsp3) is 0.211. The second-order valence-corrected chi connectivity index (χ2v) is 5.64. The van der Waals surface area contributed by atoms with Crippen molar-refractivity contribution in [3.63, 3.8) is 0 Å².